The molecule has 0 bridgehead atoms. The highest BCUT2D eigenvalue weighted by atomic mass is 16.4. The monoisotopic (exact) mass is 381 g/mol. The van der Waals surface area contributed by atoms with Crippen molar-refractivity contribution in [1.29, 1.82) is 0 Å². The zero-order valence-corrected chi connectivity index (χ0v) is 16.5. The normalized spacial score (nSPS) is 13.9. The number of aromatic nitrogens is 2. The Labute approximate surface area is 165 Å². The summed E-state index contributed by atoms with van der Waals surface area (Å²) < 4.78 is 7.38. The molecule has 0 aliphatic heterocycles. The molecule has 0 saturated heterocycles. The number of aliphatic hydroxyl groups is 1. The molecule has 0 aliphatic carbocycles. The second-order valence-electron chi connectivity index (χ2n) is 6.82. The Morgan fingerprint density at radius 3 is 2.64 bits per heavy atom. The van der Waals surface area contributed by atoms with Gasteiger partial charge in [-0.05, 0) is 51.1 Å². The van der Waals surface area contributed by atoms with Gasteiger partial charge in [0.25, 0.3) is 0 Å². The molecule has 2 heterocycles. The van der Waals surface area contributed by atoms with Crippen molar-refractivity contribution in [2.75, 3.05) is 13.1 Å². The molecule has 0 aliphatic rings. The number of furan rings is 1. The van der Waals surface area contributed by atoms with Crippen molar-refractivity contribution in [3.05, 3.63) is 71.9 Å². The van der Waals surface area contributed by atoms with E-state index in [0.29, 0.717) is 24.8 Å². The van der Waals surface area contributed by atoms with E-state index < -0.39 is 5.60 Å². The topological polar surface area (TPSA) is 87.6 Å². The smallest absolute Gasteiger partial charge is 0.191 e. The first-order valence-electron chi connectivity index (χ1n) is 9.39. The Hall–Kier alpha value is -3.06. The Morgan fingerprint density at radius 1 is 1.18 bits per heavy atom. The highest BCUT2D eigenvalue weighted by Gasteiger charge is 2.27. The van der Waals surface area contributed by atoms with Gasteiger partial charge < -0.3 is 20.2 Å². The summed E-state index contributed by atoms with van der Waals surface area (Å²) in [6.45, 7) is 6.97. The Bertz CT molecular complexity index is 912. The van der Waals surface area contributed by atoms with Crippen LogP contribution in [0.5, 0.6) is 0 Å². The standard InChI is InChI=1S/C21H27N5O2/c1-4-22-20(24-15-21(3,27)19-11-10-16(2)28-19)23-14-17-12-13-26(25-17)18-8-6-5-7-9-18/h5-13,27H,4,14-15H2,1-3H3,(H2,22,23,24). The van der Waals surface area contributed by atoms with Crippen LogP contribution in [0.15, 0.2) is 64.1 Å². The highest BCUT2D eigenvalue weighted by Crippen LogP contribution is 2.21. The van der Waals surface area contributed by atoms with E-state index in [0.717, 1.165) is 17.1 Å². The quantitative estimate of drug-likeness (QED) is 0.433. The van der Waals surface area contributed by atoms with E-state index in [9.17, 15) is 5.11 Å². The largest absolute Gasteiger partial charge is 0.463 e. The van der Waals surface area contributed by atoms with Crippen LogP contribution in [0.3, 0.4) is 0 Å². The molecule has 1 unspecified atom stereocenters. The predicted octanol–water partition coefficient (Wildman–Crippen LogP) is 2.74. The zero-order valence-electron chi connectivity index (χ0n) is 16.5. The van der Waals surface area contributed by atoms with E-state index in [4.69, 9.17) is 4.42 Å². The third-order valence-electron chi connectivity index (χ3n) is 4.28. The summed E-state index contributed by atoms with van der Waals surface area (Å²) in [6.07, 6.45) is 1.92. The van der Waals surface area contributed by atoms with Gasteiger partial charge in [-0.2, -0.15) is 5.10 Å². The van der Waals surface area contributed by atoms with E-state index >= 15 is 0 Å². The highest BCUT2D eigenvalue weighted by molar-refractivity contribution is 5.79. The van der Waals surface area contributed by atoms with Crippen molar-refractivity contribution in [1.82, 2.24) is 20.4 Å². The first-order valence-corrected chi connectivity index (χ1v) is 9.39. The van der Waals surface area contributed by atoms with Crippen LogP contribution >= 0.6 is 0 Å². The van der Waals surface area contributed by atoms with Gasteiger partial charge in [-0.25, -0.2) is 9.67 Å². The van der Waals surface area contributed by atoms with Gasteiger partial charge in [-0.1, -0.05) is 18.2 Å². The van der Waals surface area contributed by atoms with Gasteiger partial charge in [-0.15, -0.1) is 0 Å². The molecule has 0 radical (unpaired) electrons. The SMILES string of the molecule is CCNC(=NCc1ccn(-c2ccccc2)n1)NCC(C)(O)c1ccc(C)o1. The first kappa shape index (κ1) is 19.7. The second kappa shape index (κ2) is 8.75. The zero-order chi connectivity index (χ0) is 20.0. The summed E-state index contributed by atoms with van der Waals surface area (Å²) in [5, 5.41) is 21.6. The summed E-state index contributed by atoms with van der Waals surface area (Å²) in [4.78, 5) is 4.57. The maximum atomic E-state index is 10.7. The molecule has 28 heavy (non-hydrogen) atoms. The van der Waals surface area contributed by atoms with Crippen LogP contribution in [0.4, 0.5) is 0 Å². The summed E-state index contributed by atoms with van der Waals surface area (Å²) in [7, 11) is 0. The molecule has 7 nitrogen and oxygen atoms in total. The van der Waals surface area contributed by atoms with Crippen LogP contribution in [0.2, 0.25) is 0 Å². The van der Waals surface area contributed by atoms with Gasteiger partial charge in [0.1, 0.15) is 17.1 Å². The Morgan fingerprint density at radius 2 is 1.96 bits per heavy atom. The number of benzene rings is 1. The molecule has 148 valence electrons. The molecule has 0 spiro atoms. The summed E-state index contributed by atoms with van der Waals surface area (Å²) in [5.41, 5.74) is 0.723. The molecule has 3 N–H and O–H groups in total. The Kier molecular flexibility index (Phi) is 6.16. The summed E-state index contributed by atoms with van der Waals surface area (Å²) in [6, 6.07) is 15.5. The molecular weight excluding hydrogens is 354 g/mol. The molecule has 0 saturated carbocycles. The minimum atomic E-state index is -1.14. The van der Waals surface area contributed by atoms with Crippen LogP contribution in [-0.2, 0) is 12.1 Å². The molecule has 1 aromatic carbocycles. The van der Waals surface area contributed by atoms with Gasteiger partial charge in [0.2, 0.25) is 0 Å². The fraction of sp³-hybridized carbons (Fsp3) is 0.333. The van der Waals surface area contributed by atoms with E-state index in [2.05, 4.69) is 20.7 Å². The number of rotatable bonds is 7. The Balaban J connectivity index is 1.63. The molecule has 0 fully saturated rings. The fourth-order valence-electron chi connectivity index (χ4n) is 2.74. The van der Waals surface area contributed by atoms with Gasteiger partial charge in [0.15, 0.2) is 5.96 Å². The third-order valence-corrected chi connectivity index (χ3v) is 4.28. The molecule has 1 atom stereocenters. The number of nitrogens with one attached hydrogen (secondary N) is 2. The van der Waals surface area contributed by atoms with Crippen LogP contribution in [0.25, 0.3) is 5.69 Å². The molecule has 3 aromatic rings. The number of hydrogen-bond donors (Lipinski definition) is 3. The van der Waals surface area contributed by atoms with Crippen molar-refractivity contribution in [2.45, 2.75) is 32.9 Å². The van der Waals surface area contributed by atoms with E-state index in [-0.39, 0.29) is 6.54 Å². The number of aliphatic imine (C=N–C) groups is 1. The predicted molar refractivity (Wildman–Crippen MR) is 109 cm³/mol. The van der Waals surface area contributed by atoms with Gasteiger partial charge in [0.05, 0.1) is 24.5 Å². The van der Waals surface area contributed by atoms with Crippen LogP contribution in [0.1, 0.15) is 31.1 Å². The number of para-hydroxylation sites is 1. The summed E-state index contributed by atoms with van der Waals surface area (Å²) in [5.74, 6) is 1.90. The van der Waals surface area contributed by atoms with E-state index in [1.165, 1.54) is 0 Å². The number of guanidine groups is 1. The maximum absolute atomic E-state index is 10.7. The van der Waals surface area contributed by atoms with Crippen molar-refractivity contribution in [2.24, 2.45) is 4.99 Å². The van der Waals surface area contributed by atoms with E-state index in [1.54, 1.807) is 13.0 Å². The van der Waals surface area contributed by atoms with Gasteiger partial charge >= 0.3 is 0 Å². The summed E-state index contributed by atoms with van der Waals surface area (Å²) >= 11 is 0. The second-order valence-corrected chi connectivity index (χ2v) is 6.82. The molecular formula is C21H27N5O2. The van der Waals surface area contributed by atoms with Crippen molar-refractivity contribution in [3.8, 4) is 5.69 Å². The lowest BCUT2D eigenvalue weighted by atomic mass is 10.0. The molecule has 7 heteroatoms. The number of hydrogen-bond acceptors (Lipinski definition) is 4. The van der Waals surface area contributed by atoms with Crippen molar-refractivity contribution in [3.63, 3.8) is 0 Å². The van der Waals surface area contributed by atoms with Crippen LogP contribution in [0, 0.1) is 6.92 Å². The fourth-order valence-corrected chi connectivity index (χ4v) is 2.74. The van der Waals surface area contributed by atoms with Crippen molar-refractivity contribution < 1.29 is 9.52 Å². The lowest BCUT2D eigenvalue weighted by Crippen LogP contribution is -2.44. The van der Waals surface area contributed by atoms with Crippen LogP contribution in [-0.4, -0.2) is 33.9 Å². The van der Waals surface area contributed by atoms with Gasteiger partial charge in [-0.3, -0.25) is 0 Å². The maximum Gasteiger partial charge on any atom is 0.191 e. The number of aryl methyl sites for hydroxylation is 1. The minimum absolute atomic E-state index is 0.268. The lowest BCUT2D eigenvalue weighted by Gasteiger charge is -2.22. The number of nitrogens with zero attached hydrogens (tertiary/aromatic N) is 3. The first-order chi connectivity index (χ1) is 13.5. The molecule has 3 rings (SSSR count). The van der Waals surface area contributed by atoms with Crippen LogP contribution < -0.4 is 10.6 Å². The molecule has 2 aromatic heterocycles. The van der Waals surface area contributed by atoms with Gasteiger partial charge in [0, 0.05) is 12.7 Å². The van der Waals surface area contributed by atoms with Crippen molar-refractivity contribution >= 4 is 5.96 Å². The lowest BCUT2D eigenvalue weighted by molar-refractivity contribution is 0.0378. The molecule has 0 amide bonds. The average molecular weight is 381 g/mol. The van der Waals surface area contributed by atoms with E-state index in [1.807, 2.05) is 67.2 Å². The average Bonchev–Trinajstić information content (AvgIpc) is 3.34. The third kappa shape index (κ3) is 5.01. The minimum Gasteiger partial charge on any atom is -0.463 e.